The molecule has 3 rings (SSSR count). The average molecular weight is 463 g/mol. The summed E-state index contributed by atoms with van der Waals surface area (Å²) in [4.78, 5) is 14.2. The van der Waals surface area contributed by atoms with Crippen molar-refractivity contribution in [3.05, 3.63) is 29.8 Å². The maximum atomic E-state index is 13.4. The molecule has 0 radical (unpaired) electrons. The minimum Gasteiger partial charge on any atom is -0.453 e. The SMILES string of the molecule is CC(F)(F)COc1nc[nH+]cc1CNc1ncc(C(F)(F)F)c(N[C@@H]2C[C@H](O)C2(C)C)n1. The molecular formula is C19H24F5N6O2+. The number of halogens is 5. The second-order valence-electron chi connectivity index (χ2n) is 8.34. The van der Waals surface area contributed by atoms with Gasteiger partial charge in [-0.25, -0.2) is 18.7 Å². The Balaban J connectivity index is 1.77. The van der Waals surface area contributed by atoms with Crippen LogP contribution in [0, 0.1) is 5.41 Å². The Morgan fingerprint density at radius 3 is 2.56 bits per heavy atom. The number of aromatic amines is 1. The number of ether oxygens (including phenoxy) is 1. The maximum Gasteiger partial charge on any atom is 0.421 e. The second kappa shape index (κ2) is 8.60. The van der Waals surface area contributed by atoms with Gasteiger partial charge in [-0.3, -0.25) is 0 Å². The quantitative estimate of drug-likeness (QED) is 0.517. The molecule has 32 heavy (non-hydrogen) atoms. The van der Waals surface area contributed by atoms with Gasteiger partial charge in [0.1, 0.15) is 17.6 Å². The van der Waals surface area contributed by atoms with E-state index < -0.39 is 47.6 Å². The van der Waals surface area contributed by atoms with E-state index in [2.05, 4.69) is 30.6 Å². The first kappa shape index (κ1) is 23.8. The van der Waals surface area contributed by atoms with E-state index in [1.54, 1.807) is 13.8 Å². The molecule has 0 saturated heterocycles. The molecule has 0 unspecified atom stereocenters. The van der Waals surface area contributed by atoms with Crippen molar-refractivity contribution >= 4 is 11.8 Å². The zero-order valence-corrected chi connectivity index (χ0v) is 17.6. The number of H-pyrrole nitrogens is 1. The van der Waals surface area contributed by atoms with Gasteiger partial charge >= 0.3 is 12.1 Å². The van der Waals surface area contributed by atoms with Crippen molar-refractivity contribution in [1.82, 2.24) is 15.0 Å². The molecule has 1 aliphatic carbocycles. The van der Waals surface area contributed by atoms with Gasteiger partial charge in [-0.1, -0.05) is 13.8 Å². The highest BCUT2D eigenvalue weighted by molar-refractivity contribution is 5.50. The smallest absolute Gasteiger partial charge is 0.421 e. The van der Waals surface area contributed by atoms with Gasteiger partial charge < -0.3 is 20.5 Å². The van der Waals surface area contributed by atoms with Crippen molar-refractivity contribution in [3.8, 4) is 5.88 Å². The van der Waals surface area contributed by atoms with Crippen molar-refractivity contribution in [3.63, 3.8) is 0 Å². The fraction of sp³-hybridized carbons (Fsp3) is 0.579. The van der Waals surface area contributed by atoms with Gasteiger partial charge in [-0.05, 0) is 11.4 Å². The van der Waals surface area contributed by atoms with Gasteiger partial charge in [0.25, 0.3) is 12.2 Å². The van der Waals surface area contributed by atoms with Crippen LogP contribution in [-0.2, 0) is 12.7 Å². The normalized spacial score (nSPS) is 20.4. The number of alkyl halides is 5. The van der Waals surface area contributed by atoms with Crippen molar-refractivity contribution in [2.75, 3.05) is 17.2 Å². The predicted molar refractivity (Wildman–Crippen MR) is 103 cm³/mol. The zero-order valence-electron chi connectivity index (χ0n) is 17.6. The number of nitrogens with zero attached hydrogens (tertiary/aromatic N) is 3. The third-order valence-corrected chi connectivity index (χ3v) is 5.31. The Bertz CT molecular complexity index is 951. The van der Waals surface area contributed by atoms with Crippen LogP contribution in [0.2, 0.25) is 0 Å². The highest BCUT2D eigenvalue weighted by atomic mass is 19.4. The van der Waals surface area contributed by atoms with Gasteiger partial charge in [0.05, 0.1) is 18.2 Å². The molecule has 1 fully saturated rings. The highest BCUT2D eigenvalue weighted by Crippen LogP contribution is 2.43. The molecular weight excluding hydrogens is 439 g/mol. The third-order valence-electron chi connectivity index (χ3n) is 5.31. The second-order valence-corrected chi connectivity index (χ2v) is 8.34. The van der Waals surface area contributed by atoms with E-state index in [9.17, 15) is 27.1 Å². The van der Waals surface area contributed by atoms with E-state index in [4.69, 9.17) is 4.74 Å². The van der Waals surface area contributed by atoms with Crippen LogP contribution in [0.3, 0.4) is 0 Å². The van der Waals surface area contributed by atoms with Crippen LogP contribution in [0.1, 0.15) is 38.3 Å². The Hall–Kier alpha value is -2.83. The van der Waals surface area contributed by atoms with Gasteiger partial charge in [0.2, 0.25) is 5.95 Å². The number of rotatable bonds is 8. The summed E-state index contributed by atoms with van der Waals surface area (Å²) < 4.78 is 71.5. The van der Waals surface area contributed by atoms with E-state index in [1.165, 1.54) is 12.5 Å². The van der Waals surface area contributed by atoms with Crippen LogP contribution < -0.4 is 20.4 Å². The molecule has 1 saturated carbocycles. The molecule has 2 aromatic heterocycles. The van der Waals surface area contributed by atoms with E-state index >= 15 is 0 Å². The fourth-order valence-corrected chi connectivity index (χ4v) is 3.10. The number of aliphatic hydroxyl groups excluding tert-OH is 1. The number of anilines is 2. The summed E-state index contributed by atoms with van der Waals surface area (Å²) in [6, 6.07) is -0.412. The summed E-state index contributed by atoms with van der Waals surface area (Å²) in [6.07, 6.45) is -1.68. The molecule has 4 N–H and O–H groups in total. The zero-order chi connectivity index (χ0) is 23.7. The Labute approximate surface area is 180 Å². The summed E-state index contributed by atoms with van der Waals surface area (Å²) >= 11 is 0. The van der Waals surface area contributed by atoms with Gasteiger partial charge in [0.15, 0.2) is 6.61 Å². The first-order valence-electron chi connectivity index (χ1n) is 9.75. The Morgan fingerprint density at radius 2 is 1.97 bits per heavy atom. The lowest BCUT2D eigenvalue weighted by Gasteiger charge is -2.49. The largest absolute Gasteiger partial charge is 0.453 e. The van der Waals surface area contributed by atoms with Crippen LogP contribution in [-0.4, -0.2) is 44.7 Å². The first-order chi connectivity index (χ1) is 14.8. The molecule has 2 atom stereocenters. The number of aromatic nitrogens is 4. The Morgan fingerprint density at radius 1 is 1.25 bits per heavy atom. The molecule has 13 heteroatoms. The van der Waals surface area contributed by atoms with Crippen molar-refractivity contribution in [2.45, 2.75) is 58.0 Å². The molecule has 0 bridgehead atoms. The summed E-state index contributed by atoms with van der Waals surface area (Å²) in [5.74, 6) is -3.66. The maximum absolute atomic E-state index is 13.4. The van der Waals surface area contributed by atoms with E-state index in [0.29, 0.717) is 18.7 Å². The van der Waals surface area contributed by atoms with E-state index in [1.807, 2.05) is 0 Å². The lowest BCUT2D eigenvalue weighted by molar-refractivity contribution is -0.383. The molecule has 0 aliphatic heterocycles. The standard InChI is InChI=1S/C19H23F5N6O2/c1-17(2)12(4-13(17)31)29-14-11(19(22,23)24)7-27-16(30-14)26-6-10-5-25-9-28-15(10)32-8-18(3,20)21/h5,7,9,12-13,31H,4,6,8H2,1-3H3,(H2,26,27,29,30)/p+1/t12-,13+/m1/s1. The highest BCUT2D eigenvalue weighted by Gasteiger charge is 2.48. The van der Waals surface area contributed by atoms with Crippen molar-refractivity contribution in [1.29, 1.82) is 0 Å². The molecule has 2 heterocycles. The minimum atomic E-state index is -4.68. The van der Waals surface area contributed by atoms with Crippen molar-refractivity contribution in [2.24, 2.45) is 5.41 Å². The lowest BCUT2D eigenvalue weighted by Crippen LogP contribution is -2.57. The van der Waals surface area contributed by atoms with Crippen LogP contribution in [0.4, 0.5) is 33.7 Å². The van der Waals surface area contributed by atoms with Crippen LogP contribution in [0.15, 0.2) is 18.7 Å². The molecule has 8 nitrogen and oxygen atoms in total. The predicted octanol–water partition coefficient (Wildman–Crippen LogP) is 2.92. The molecule has 1 aliphatic rings. The molecule has 0 amide bonds. The first-order valence-corrected chi connectivity index (χ1v) is 9.75. The number of hydrogen-bond acceptors (Lipinski definition) is 7. The van der Waals surface area contributed by atoms with Crippen LogP contribution >= 0.6 is 0 Å². The number of aliphatic hydroxyl groups is 1. The van der Waals surface area contributed by atoms with Crippen molar-refractivity contribution < 1.29 is 36.8 Å². The summed E-state index contributed by atoms with van der Waals surface area (Å²) in [7, 11) is 0. The van der Waals surface area contributed by atoms with Crippen LogP contribution in [0.25, 0.3) is 0 Å². The minimum absolute atomic E-state index is 0.0482. The molecule has 176 valence electrons. The lowest BCUT2D eigenvalue weighted by atomic mass is 9.64. The molecule has 2 aromatic rings. The number of hydrogen-bond donors (Lipinski definition) is 3. The average Bonchev–Trinajstić information content (AvgIpc) is 2.70. The van der Waals surface area contributed by atoms with E-state index in [-0.39, 0.29) is 24.8 Å². The van der Waals surface area contributed by atoms with Crippen LogP contribution in [0.5, 0.6) is 5.88 Å². The third kappa shape index (κ3) is 5.50. The molecule has 0 spiro atoms. The topological polar surface area (TPSA) is 106 Å². The summed E-state index contributed by atoms with van der Waals surface area (Å²) in [6.45, 7) is 3.25. The van der Waals surface area contributed by atoms with E-state index in [0.717, 1.165) is 0 Å². The summed E-state index contributed by atoms with van der Waals surface area (Å²) in [5, 5.41) is 15.4. The van der Waals surface area contributed by atoms with Gasteiger partial charge in [0, 0.05) is 24.6 Å². The van der Waals surface area contributed by atoms with Gasteiger partial charge in [-0.15, -0.1) is 0 Å². The van der Waals surface area contributed by atoms with Gasteiger partial charge in [-0.2, -0.15) is 18.2 Å². The fourth-order valence-electron chi connectivity index (χ4n) is 3.10. The summed E-state index contributed by atoms with van der Waals surface area (Å²) in [5.41, 5.74) is -1.32. The monoisotopic (exact) mass is 463 g/mol. The Kier molecular flexibility index (Phi) is 6.40. The molecule has 0 aromatic carbocycles. The number of nitrogens with one attached hydrogen (secondary N) is 3.